The topological polar surface area (TPSA) is 98.1 Å². The van der Waals surface area contributed by atoms with Crippen LogP contribution in [0.2, 0.25) is 0 Å². The fourth-order valence-corrected chi connectivity index (χ4v) is 2.79. The predicted molar refractivity (Wildman–Crippen MR) is 98.2 cm³/mol. The van der Waals surface area contributed by atoms with Crippen molar-refractivity contribution in [3.8, 4) is 11.5 Å². The molecule has 2 heterocycles. The van der Waals surface area contributed by atoms with Gasteiger partial charge in [-0.05, 0) is 25.1 Å². The summed E-state index contributed by atoms with van der Waals surface area (Å²) in [6.45, 7) is 1.78. The Morgan fingerprint density at radius 3 is 2.81 bits per heavy atom. The maximum atomic E-state index is 12.4. The molecule has 0 radical (unpaired) electrons. The van der Waals surface area contributed by atoms with Gasteiger partial charge < -0.3 is 14.1 Å². The molecule has 0 unspecified atom stereocenters. The summed E-state index contributed by atoms with van der Waals surface area (Å²) in [6, 6.07) is 15.9. The van der Waals surface area contributed by atoms with Crippen LogP contribution in [0, 0.1) is 6.92 Å². The number of carbonyl (C=O) groups is 1. The van der Waals surface area contributed by atoms with Gasteiger partial charge in [0, 0.05) is 22.5 Å². The molecule has 0 amide bonds. The van der Waals surface area contributed by atoms with Crippen LogP contribution in [0.5, 0.6) is 0 Å². The highest BCUT2D eigenvalue weighted by Crippen LogP contribution is 2.20. The maximum absolute atomic E-state index is 12.4. The van der Waals surface area contributed by atoms with E-state index in [2.05, 4.69) is 15.2 Å². The molecule has 2 aromatic heterocycles. The molecule has 27 heavy (non-hydrogen) atoms. The van der Waals surface area contributed by atoms with Gasteiger partial charge >= 0.3 is 5.97 Å². The Labute approximate surface area is 153 Å². The molecule has 0 aliphatic rings. The minimum absolute atomic E-state index is 0.175. The third kappa shape index (κ3) is 3.48. The molecule has 0 atom stereocenters. The average Bonchev–Trinajstić information content (AvgIpc) is 3.14. The Morgan fingerprint density at radius 1 is 1.11 bits per heavy atom. The number of aromatic amines is 1. The average molecular weight is 361 g/mol. The molecule has 4 rings (SSSR count). The SMILES string of the molecule is Cc1cccc(-c2nnc(COC(=O)c3cc(=O)[nH]c4ccccc34)o2)c1. The second-order valence-electron chi connectivity index (χ2n) is 6.04. The van der Waals surface area contributed by atoms with Gasteiger partial charge in [0.2, 0.25) is 11.4 Å². The summed E-state index contributed by atoms with van der Waals surface area (Å²) < 4.78 is 10.8. The highest BCUT2D eigenvalue weighted by atomic mass is 16.5. The van der Waals surface area contributed by atoms with Crippen molar-refractivity contribution in [1.82, 2.24) is 15.2 Å². The van der Waals surface area contributed by atoms with Crippen molar-refractivity contribution < 1.29 is 13.9 Å². The smallest absolute Gasteiger partial charge is 0.339 e. The number of benzene rings is 2. The zero-order valence-corrected chi connectivity index (χ0v) is 14.4. The van der Waals surface area contributed by atoms with Crippen molar-refractivity contribution in [1.29, 1.82) is 0 Å². The van der Waals surface area contributed by atoms with Crippen molar-refractivity contribution >= 4 is 16.9 Å². The molecule has 0 aliphatic carbocycles. The van der Waals surface area contributed by atoms with E-state index in [0.717, 1.165) is 11.1 Å². The number of nitrogens with zero attached hydrogens (tertiary/aromatic N) is 2. The number of hydrogen-bond acceptors (Lipinski definition) is 6. The maximum Gasteiger partial charge on any atom is 0.339 e. The molecule has 7 nitrogen and oxygen atoms in total. The molecular weight excluding hydrogens is 346 g/mol. The predicted octanol–water partition coefficient (Wildman–Crippen LogP) is 3.24. The molecule has 2 aromatic carbocycles. The highest BCUT2D eigenvalue weighted by molar-refractivity contribution is 6.03. The monoisotopic (exact) mass is 361 g/mol. The summed E-state index contributed by atoms with van der Waals surface area (Å²) in [4.78, 5) is 26.9. The summed E-state index contributed by atoms with van der Waals surface area (Å²) >= 11 is 0. The first kappa shape index (κ1) is 16.7. The summed E-state index contributed by atoms with van der Waals surface area (Å²) in [6.07, 6.45) is 0. The number of rotatable bonds is 4. The number of fused-ring (bicyclic) bond motifs is 1. The van der Waals surface area contributed by atoms with Crippen molar-refractivity contribution in [3.63, 3.8) is 0 Å². The van der Waals surface area contributed by atoms with Crippen LogP contribution in [0.15, 0.2) is 63.8 Å². The Kier molecular flexibility index (Phi) is 4.25. The van der Waals surface area contributed by atoms with E-state index < -0.39 is 5.97 Å². The van der Waals surface area contributed by atoms with Crippen molar-refractivity contribution in [2.75, 3.05) is 0 Å². The minimum atomic E-state index is -0.632. The van der Waals surface area contributed by atoms with Gasteiger partial charge in [-0.25, -0.2) is 4.79 Å². The van der Waals surface area contributed by atoms with E-state index >= 15 is 0 Å². The zero-order chi connectivity index (χ0) is 18.8. The third-order valence-corrected chi connectivity index (χ3v) is 4.03. The van der Waals surface area contributed by atoms with Crippen LogP contribution < -0.4 is 5.56 Å². The number of H-pyrrole nitrogens is 1. The fourth-order valence-electron chi connectivity index (χ4n) is 2.79. The second-order valence-corrected chi connectivity index (χ2v) is 6.04. The Hall–Kier alpha value is -3.74. The molecule has 7 heteroatoms. The van der Waals surface area contributed by atoms with Crippen molar-refractivity contribution in [2.45, 2.75) is 13.5 Å². The third-order valence-electron chi connectivity index (χ3n) is 4.03. The van der Waals surface area contributed by atoms with Gasteiger partial charge in [-0.3, -0.25) is 4.79 Å². The van der Waals surface area contributed by atoms with Gasteiger partial charge in [-0.1, -0.05) is 35.9 Å². The number of hydrogen-bond donors (Lipinski definition) is 1. The molecule has 134 valence electrons. The van der Waals surface area contributed by atoms with E-state index in [1.807, 2.05) is 31.2 Å². The van der Waals surface area contributed by atoms with E-state index in [1.165, 1.54) is 6.07 Å². The molecule has 1 N–H and O–H groups in total. The van der Waals surface area contributed by atoms with Crippen LogP contribution >= 0.6 is 0 Å². The number of ether oxygens (including phenoxy) is 1. The van der Waals surface area contributed by atoms with Gasteiger partial charge in [0.15, 0.2) is 6.61 Å². The lowest BCUT2D eigenvalue weighted by Crippen LogP contribution is -2.13. The number of pyridine rings is 1. The molecule has 4 aromatic rings. The van der Waals surface area contributed by atoms with E-state index in [4.69, 9.17) is 9.15 Å². The van der Waals surface area contributed by atoms with Gasteiger partial charge in [0.1, 0.15) is 0 Å². The van der Waals surface area contributed by atoms with Gasteiger partial charge in [-0.15, -0.1) is 10.2 Å². The van der Waals surface area contributed by atoms with E-state index in [-0.39, 0.29) is 23.6 Å². The molecular formula is C20H15N3O4. The van der Waals surface area contributed by atoms with Crippen LogP contribution in [0.25, 0.3) is 22.4 Å². The number of aromatic nitrogens is 3. The van der Waals surface area contributed by atoms with Crippen LogP contribution in [-0.2, 0) is 11.3 Å². The number of nitrogens with one attached hydrogen (secondary N) is 1. The highest BCUT2D eigenvalue weighted by Gasteiger charge is 2.15. The Morgan fingerprint density at radius 2 is 1.96 bits per heavy atom. The van der Waals surface area contributed by atoms with Crippen molar-refractivity contribution in [2.24, 2.45) is 0 Å². The molecule has 0 spiro atoms. The zero-order valence-electron chi connectivity index (χ0n) is 14.4. The molecule has 0 fully saturated rings. The first-order valence-corrected chi connectivity index (χ1v) is 8.29. The van der Waals surface area contributed by atoms with Gasteiger partial charge in [-0.2, -0.15) is 0 Å². The fraction of sp³-hybridized carbons (Fsp3) is 0.100. The summed E-state index contributed by atoms with van der Waals surface area (Å²) in [5.74, 6) is -0.104. The summed E-state index contributed by atoms with van der Waals surface area (Å²) in [7, 11) is 0. The van der Waals surface area contributed by atoms with Crippen molar-refractivity contribution in [3.05, 3.63) is 82.0 Å². The summed E-state index contributed by atoms with van der Waals surface area (Å²) in [5, 5.41) is 8.49. The first-order chi connectivity index (χ1) is 13.1. The lowest BCUT2D eigenvalue weighted by Gasteiger charge is -2.05. The second kappa shape index (κ2) is 6.87. The lowest BCUT2D eigenvalue weighted by atomic mass is 10.1. The van der Waals surface area contributed by atoms with Crippen LogP contribution in [0.3, 0.4) is 0 Å². The number of para-hydroxylation sites is 1. The van der Waals surface area contributed by atoms with E-state index in [0.29, 0.717) is 16.8 Å². The molecule has 0 aliphatic heterocycles. The minimum Gasteiger partial charge on any atom is -0.452 e. The van der Waals surface area contributed by atoms with Crippen LogP contribution in [0.4, 0.5) is 0 Å². The molecule has 0 saturated carbocycles. The largest absolute Gasteiger partial charge is 0.452 e. The number of carbonyl (C=O) groups excluding carboxylic acids is 1. The van der Waals surface area contributed by atoms with Gasteiger partial charge in [0.05, 0.1) is 5.56 Å². The normalized spacial score (nSPS) is 10.9. The van der Waals surface area contributed by atoms with Crippen LogP contribution in [-0.4, -0.2) is 21.2 Å². The quantitative estimate of drug-likeness (QED) is 0.560. The van der Waals surface area contributed by atoms with E-state index in [9.17, 15) is 9.59 Å². The summed E-state index contributed by atoms with van der Waals surface area (Å²) in [5.41, 5.74) is 2.24. The van der Waals surface area contributed by atoms with Gasteiger partial charge in [0.25, 0.3) is 5.89 Å². The number of aryl methyl sites for hydroxylation is 1. The van der Waals surface area contributed by atoms with Crippen LogP contribution in [0.1, 0.15) is 21.8 Å². The van der Waals surface area contributed by atoms with E-state index in [1.54, 1.807) is 24.3 Å². The molecule has 0 bridgehead atoms. The Bertz CT molecular complexity index is 1190. The Balaban J connectivity index is 1.53. The standard InChI is InChI=1S/C20H15N3O4/c1-12-5-4-6-13(9-12)19-23-22-18(27-19)11-26-20(25)15-10-17(24)21-16-8-3-2-7-14(15)16/h2-10H,11H2,1H3,(H,21,24). The lowest BCUT2D eigenvalue weighted by molar-refractivity contribution is 0.0441. The first-order valence-electron chi connectivity index (χ1n) is 8.29. The number of esters is 1. The molecule has 0 saturated heterocycles.